The number of alkyl halides is 6. The zero-order chi connectivity index (χ0) is 24.7. The number of hydrogen-bond donors (Lipinski definition) is 1. The standard InChI is InChI=1S/C24H17F6NO3/c25-22(23(26,27)28)24(29,30)34-15-10-8-13(9-11-15)12-14-4-3-6-17-19(21(32)33)16-5-1-2-7-18(16)31-20(14)17/h1-2,5,7-12,22H,3-4,6H2,(H,32,33)/b14-12-/t22-/m0/s1. The molecule has 0 saturated heterocycles. The predicted octanol–water partition coefficient (Wildman–Crippen LogP) is 6.68. The summed E-state index contributed by atoms with van der Waals surface area (Å²) in [4.78, 5) is 16.6. The number of fused-ring (bicyclic) bond motifs is 2. The molecule has 4 rings (SSSR count). The molecule has 2 aromatic carbocycles. The van der Waals surface area contributed by atoms with E-state index in [1.165, 1.54) is 12.1 Å². The van der Waals surface area contributed by atoms with Gasteiger partial charge in [-0.05, 0) is 60.2 Å². The van der Waals surface area contributed by atoms with Gasteiger partial charge in [-0.1, -0.05) is 30.3 Å². The molecule has 1 atom stereocenters. The average molecular weight is 481 g/mol. The Labute approximate surface area is 189 Å². The largest absolute Gasteiger partial charge is 0.478 e. The highest BCUT2D eigenvalue weighted by Gasteiger charge is 2.59. The highest BCUT2D eigenvalue weighted by Crippen LogP contribution is 2.38. The van der Waals surface area contributed by atoms with Crippen molar-refractivity contribution in [3.63, 3.8) is 0 Å². The minimum Gasteiger partial charge on any atom is -0.478 e. The molecule has 178 valence electrons. The van der Waals surface area contributed by atoms with Crippen molar-refractivity contribution in [2.75, 3.05) is 0 Å². The molecule has 1 heterocycles. The molecule has 3 aromatic rings. The summed E-state index contributed by atoms with van der Waals surface area (Å²) in [5.74, 6) is -1.70. The number of carboxylic acids is 1. The smallest absolute Gasteiger partial charge is 0.439 e. The summed E-state index contributed by atoms with van der Waals surface area (Å²) in [6.45, 7) is 0. The summed E-state index contributed by atoms with van der Waals surface area (Å²) in [7, 11) is 0. The Hall–Kier alpha value is -3.56. The predicted molar refractivity (Wildman–Crippen MR) is 112 cm³/mol. The maximum absolute atomic E-state index is 13.5. The van der Waals surface area contributed by atoms with Crippen molar-refractivity contribution >= 4 is 28.5 Å². The number of halogens is 6. The van der Waals surface area contributed by atoms with Crippen molar-refractivity contribution < 1.29 is 41.0 Å². The van der Waals surface area contributed by atoms with E-state index in [0.29, 0.717) is 47.0 Å². The van der Waals surface area contributed by atoms with Crippen LogP contribution in [0.4, 0.5) is 26.3 Å². The van der Waals surface area contributed by atoms with Gasteiger partial charge in [-0.15, -0.1) is 0 Å². The van der Waals surface area contributed by atoms with Gasteiger partial charge in [0.2, 0.25) is 0 Å². The summed E-state index contributed by atoms with van der Waals surface area (Å²) in [5.41, 5.74) is 3.06. The first kappa shape index (κ1) is 23.6. The van der Waals surface area contributed by atoms with E-state index in [9.17, 15) is 36.2 Å². The zero-order valence-electron chi connectivity index (χ0n) is 17.4. The Morgan fingerprint density at radius 3 is 2.35 bits per heavy atom. The van der Waals surface area contributed by atoms with Gasteiger partial charge in [-0.3, -0.25) is 0 Å². The summed E-state index contributed by atoms with van der Waals surface area (Å²) < 4.78 is 80.8. The highest BCUT2D eigenvalue weighted by atomic mass is 19.4. The summed E-state index contributed by atoms with van der Waals surface area (Å²) in [6, 6.07) is 11.5. The third-order valence-electron chi connectivity index (χ3n) is 5.44. The fourth-order valence-corrected chi connectivity index (χ4v) is 3.95. The topological polar surface area (TPSA) is 59.4 Å². The van der Waals surface area contributed by atoms with Crippen LogP contribution in [0.25, 0.3) is 22.6 Å². The summed E-state index contributed by atoms with van der Waals surface area (Å²) >= 11 is 0. The lowest BCUT2D eigenvalue weighted by Gasteiger charge is -2.23. The van der Waals surface area contributed by atoms with E-state index >= 15 is 0 Å². The number of ether oxygens (including phenoxy) is 1. The van der Waals surface area contributed by atoms with Crippen LogP contribution in [-0.4, -0.2) is 34.5 Å². The van der Waals surface area contributed by atoms with Crippen LogP contribution in [-0.2, 0) is 6.42 Å². The first-order valence-electron chi connectivity index (χ1n) is 10.2. The van der Waals surface area contributed by atoms with Crippen LogP contribution in [0.2, 0.25) is 0 Å². The van der Waals surface area contributed by atoms with Gasteiger partial charge in [0.25, 0.3) is 6.17 Å². The van der Waals surface area contributed by atoms with Crippen LogP contribution in [0.3, 0.4) is 0 Å². The second kappa shape index (κ2) is 8.66. The van der Waals surface area contributed by atoms with Crippen molar-refractivity contribution in [3.05, 3.63) is 70.9 Å². The first-order valence-corrected chi connectivity index (χ1v) is 10.2. The minimum atomic E-state index is -5.77. The van der Waals surface area contributed by atoms with Crippen molar-refractivity contribution in [3.8, 4) is 5.75 Å². The van der Waals surface area contributed by atoms with Crippen molar-refractivity contribution in [1.82, 2.24) is 4.98 Å². The minimum absolute atomic E-state index is 0.183. The van der Waals surface area contributed by atoms with Crippen LogP contribution in [0.5, 0.6) is 5.75 Å². The molecule has 4 nitrogen and oxygen atoms in total. The van der Waals surface area contributed by atoms with E-state index in [1.54, 1.807) is 30.3 Å². The molecular formula is C24H17F6NO3. The van der Waals surface area contributed by atoms with Crippen LogP contribution in [0.15, 0.2) is 48.5 Å². The molecule has 0 spiro atoms. The Balaban J connectivity index is 1.66. The number of carbonyl (C=O) groups is 1. The maximum Gasteiger partial charge on any atom is 0.439 e. The molecule has 0 fully saturated rings. The van der Waals surface area contributed by atoms with E-state index in [2.05, 4.69) is 9.72 Å². The average Bonchev–Trinajstić information content (AvgIpc) is 2.77. The Morgan fingerprint density at radius 2 is 1.71 bits per heavy atom. The number of carboxylic acid groups (broad SMARTS) is 1. The SMILES string of the molecule is O=C(O)c1c2c(nc3ccccc13)/C(=C\c1ccc(OC(F)(F)[C@@H](F)C(F)(F)F)cc1)CCC2. The van der Waals surface area contributed by atoms with E-state index in [4.69, 9.17) is 0 Å². The summed E-state index contributed by atoms with van der Waals surface area (Å²) in [5, 5.41) is 10.3. The molecule has 0 bridgehead atoms. The van der Waals surface area contributed by atoms with Crippen molar-refractivity contribution in [2.24, 2.45) is 0 Å². The lowest BCUT2D eigenvalue weighted by atomic mass is 9.86. The highest BCUT2D eigenvalue weighted by molar-refractivity contribution is 6.05. The number of para-hydroxylation sites is 1. The van der Waals surface area contributed by atoms with Crippen LogP contribution in [0, 0.1) is 0 Å². The third-order valence-corrected chi connectivity index (χ3v) is 5.44. The molecule has 10 heteroatoms. The van der Waals surface area contributed by atoms with Crippen LogP contribution >= 0.6 is 0 Å². The lowest BCUT2D eigenvalue weighted by Crippen LogP contribution is -2.45. The Kier molecular flexibility index (Phi) is 6.01. The van der Waals surface area contributed by atoms with Crippen molar-refractivity contribution in [2.45, 2.75) is 37.7 Å². The molecule has 0 radical (unpaired) electrons. The number of aromatic nitrogens is 1. The fourth-order valence-electron chi connectivity index (χ4n) is 3.95. The number of pyridine rings is 1. The van der Waals surface area contributed by atoms with E-state index in [-0.39, 0.29) is 5.56 Å². The van der Waals surface area contributed by atoms with Gasteiger partial charge in [-0.2, -0.15) is 22.0 Å². The molecular weight excluding hydrogens is 464 g/mol. The number of benzene rings is 2. The van der Waals surface area contributed by atoms with Gasteiger partial charge in [0.1, 0.15) is 5.75 Å². The second-order valence-electron chi connectivity index (χ2n) is 7.80. The molecule has 1 aliphatic rings. The van der Waals surface area contributed by atoms with Gasteiger partial charge >= 0.3 is 18.3 Å². The van der Waals surface area contributed by atoms with Crippen molar-refractivity contribution in [1.29, 1.82) is 0 Å². The fraction of sp³-hybridized carbons (Fsp3) is 0.250. The number of nitrogens with zero attached hydrogens (tertiary/aromatic N) is 1. The van der Waals surface area contributed by atoms with Gasteiger partial charge in [0, 0.05) is 5.39 Å². The quantitative estimate of drug-likeness (QED) is 0.413. The van der Waals surface area contributed by atoms with Gasteiger partial charge in [-0.25, -0.2) is 14.2 Å². The molecule has 0 aliphatic heterocycles. The maximum atomic E-state index is 13.5. The summed E-state index contributed by atoms with van der Waals surface area (Å²) in [6.07, 6.45) is -11.8. The molecule has 34 heavy (non-hydrogen) atoms. The molecule has 0 unspecified atom stereocenters. The number of rotatable bonds is 5. The zero-order valence-corrected chi connectivity index (χ0v) is 17.4. The number of allylic oxidation sites excluding steroid dienone is 1. The van der Waals surface area contributed by atoms with Gasteiger partial charge < -0.3 is 9.84 Å². The Bertz CT molecular complexity index is 1270. The first-order chi connectivity index (χ1) is 16.0. The Morgan fingerprint density at radius 1 is 1.03 bits per heavy atom. The van der Waals surface area contributed by atoms with Crippen LogP contribution < -0.4 is 4.74 Å². The molecule has 0 amide bonds. The number of aromatic carboxylic acids is 1. The monoisotopic (exact) mass is 481 g/mol. The van der Waals surface area contributed by atoms with E-state index < -0.39 is 30.2 Å². The lowest BCUT2D eigenvalue weighted by molar-refractivity contribution is -0.304. The second-order valence-corrected chi connectivity index (χ2v) is 7.80. The number of hydrogen-bond acceptors (Lipinski definition) is 3. The van der Waals surface area contributed by atoms with E-state index in [0.717, 1.165) is 17.7 Å². The van der Waals surface area contributed by atoms with Gasteiger partial charge in [0.05, 0.1) is 16.8 Å². The third kappa shape index (κ3) is 4.57. The molecule has 1 aliphatic carbocycles. The van der Waals surface area contributed by atoms with E-state index in [1.807, 2.05) is 0 Å². The molecule has 0 saturated carbocycles. The molecule has 1 aromatic heterocycles. The van der Waals surface area contributed by atoms with Crippen LogP contribution in [0.1, 0.15) is 40.0 Å². The van der Waals surface area contributed by atoms with Gasteiger partial charge in [0.15, 0.2) is 0 Å². The molecule has 1 N–H and O–H groups in total. The normalized spacial score (nSPS) is 16.4.